The van der Waals surface area contributed by atoms with Crippen LogP contribution in [-0.4, -0.2) is 5.78 Å². The van der Waals surface area contributed by atoms with Crippen LogP contribution in [0.5, 0.6) is 5.75 Å². The smallest absolute Gasteiger partial charge is 0.274 e. The summed E-state index contributed by atoms with van der Waals surface area (Å²) >= 11 is 0. The molecule has 2 heteroatoms. The molecule has 48 valence electrons. The molecule has 0 atom stereocenters. The highest BCUT2D eigenvalue weighted by Gasteiger charge is 2.21. The quantitative estimate of drug-likeness (QED) is 0.531. The number of hydrogen-bond acceptors (Lipinski definition) is 2. The minimum atomic E-state index is -0.171. The van der Waals surface area contributed by atoms with E-state index in [0.29, 0.717) is 11.3 Å². The van der Waals surface area contributed by atoms with Crippen LogP contribution < -0.4 is 4.74 Å². The van der Waals surface area contributed by atoms with Crippen LogP contribution in [0.2, 0.25) is 0 Å². The van der Waals surface area contributed by atoms with Crippen molar-refractivity contribution in [3.05, 3.63) is 36.4 Å². The van der Waals surface area contributed by atoms with Crippen molar-refractivity contribution in [2.24, 2.45) is 0 Å². The van der Waals surface area contributed by atoms with E-state index in [4.69, 9.17) is 4.74 Å². The largest absolute Gasteiger partial charge is 0.468 e. The molecule has 1 heterocycles. The molecule has 2 nitrogen and oxygen atoms in total. The number of fused-ring (bicyclic) bond motifs is 1. The summed E-state index contributed by atoms with van der Waals surface area (Å²) in [6, 6.07) is 7.08. The Morgan fingerprint density at radius 3 is 2.90 bits per heavy atom. The van der Waals surface area contributed by atoms with Crippen LogP contribution in [0.1, 0.15) is 10.4 Å². The van der Waals surface area contributed by atoms with Gasteiger partial charge in [0.25, 0.3) is 6.61 Å². The Hall–Kier alpha value is -1.31. The van der Waals surface area contributed by atoms with Gasteiger partial charge in [-0.3, -0.25) is 4.79 Å². The number of ether oxygens (including phenoxy) is 1. The molecule has 0 spiro atoms. The van der Waals surface area contributed by atoms with Crippen LogP contribution in [0, 0.1) is 6.61 Å². The molecule has 0 saturated carbocycles. The van der Waals surface area contributed by atoms with Gasteiger partial charge in [-0.15, -0.1) is 0 Å². The summed E-state index contributed by atoms with van der Waals surface area (Å²) in [6.07, 6.45) is 0. The van der Waals surface area contributed by atoms with Crippen molar-refractivity contribution < 1.29 is 9.53 Å². The first kappa shape index (κ1) is 5.47. The molecule has 10 heavy (non-hydrogen) atoms. The van der Waals surface area contributed by atoms with Gasteiger partial charge in [-0.1, -0.05) is 12.1 Å². The number of hydrogen-bond donors (Lipinski definition) is 0. The second kappa shape index (κ2) is 1.84. The molecule has 2 rings (SSSR count). The maximum atomic E-state index is 10.8. The van der Waals surface area contributed by atoms with Crippen LogP contribution in [0.15, 0.2) is 24.3 Å². The van der Waals surface area contributed by atoms with Gasteiger partial charge in [0.1, 0.15) is 5.75 Å². The summed E-state index contributed by atoms with van der Waals surface area (Å²) in [7, 11) is 0. The van der Waals surface area contributed by atoms with Crippen molar-refractivity contribution in [1.82, 2.24) is 0 Å². The zero-order valence-corrected chi connectivity index (χ0v) is 5.13. The lowest BCUT2D eigenvalue weighted by Crippen LogP contribution is -1.90. The Morgan fingerprint density at radius 2 is 2.10 bits per heavy atom. The van der Waals surface area contributed by atoms with Crippen molar-refractivity contribution >= 4 is 5.78 Å². The van der Waals surface area contributed by atoms with Crippen molar-refractivity contribution in [3.8, 4) is 5.75 Å². The maximum Gasteiger partial charge on any atom is 0.274 e. The highest BCUT2D eigenvalue weighted by atomic mass is 16.5. The lowest BCUT2D eigenvalue weighted by molar-refractivity contribution is 0.101. The number of ketones is 1. The summed E-state index contributed by atoms with van der Waals surface area (Å²) in [5.41, 5.74) is 0.600. The first-order valence-electron chi connectivity index (χ1n) is 2.94. The van der Waals surface area contributed by atoms with E-state index in [1.165, 1.54) is 0 Å². The Morgan fingerprint density at radius 1 is 1.30 bits per heavy atom. The van der Waals surface area contributed by atoms with E-state index < -0.39 is 0 Å². The van der Waals surface area contributed by atoms with Gasteiger partial charge in [-0.25, -0.2) is 0 Å². The molecule has 0 unspecified atom stereocenters. The number of para-hydroxylation sites is 1. The van der Waals surface area contributed by atoms with Gasteiger partial charge in [-0.05, 0) is 12.1 Å². The predicted molar refractivity (Wildman–Crippen MR) is 34.6 cm³/mol. The maximum absolute atomic E-state index is 10.8. The molecule has 0 fully saturated rings. The SMILES string of the molecule is O=C1[C]Oc2ccccc21. The van der Waals surface area contributed by atoms with Gasteiger partial charge in [0.15, 0.2) is 0 Å². The summed E-state index contributed by atoms with van der Waals surface area (Å²) in [4.78, 5) is 10.8. The molecule has 1 aliphatic rings. The zero-order chi connectivity index (χ0) is 6.97. The Labute approximate surface area is 58.4 Å². The molecular weight excluding hydrogens is 128 g/mol. The van der Waals surface area contributed by atoms with Crippen molar-refractivity contribution in [3.63, 3.8) is 0 Å². The number of carbonyl (C=O) groups is 1. The Bertz CT molecular complexity index is 278. The molecule has 1 aromatic rings. The van der Waals surface area contributed by atoms with Gasteiger partial charge in [0, 0.05) is 0 Å². The minimum absolute atomic E-state index is 0.171. The molecular formula is C8H4O2. The van der Waals surface area contributed by atoms with Crippen molar-refractivity contribution in [2.45, 2.75) is 0 Å². The molecule has 0 N–H and O–H groups in total. The molecule has 0 amide bonds. The topological polar surface area (TPSA) is 26.3 Å². The van der Waals surface area contributed by atoms with E-state index in [1.54, 1.807) is 18.2 Å². The zero-order valence-electron chi connectivity index (χ0n) is 5.13. The summed E-state index contributed by atoms with van der Waals surface area (Å²) < 4.78 is 4.81. The Balaban J connectivity index is 2.61. The minimum Gasteiger partial charge on any atom is -0.468 e. The lowest BCUT2D eigenvalue weighted by Gasteiger charge is -1.91. The summed E-state index contributed by atoms with van der Waals surface area (Å²) in [5.74, 6) is 0.433. The van der Waals surface area contributed by atoms with Crippen LogP contribution in [0.3, 0.4) is 0 Å². The summed E-state index contributed by atoms with van der Waals surface area (Å²) in [5, 5.41) is 0. The van der Waals surface area contributed by atoms with Gasteiger partial charge in [0.05, 0.1) is 5.56 Å². The number of Topliss-reactive ketones (excluding diaryl/α,β-unsaturated/α-hetero) is 1. The van der Waals surface area contributed by atoms with Gasteiger partial charge < -0.3 is 4.74 Å². The first-order chi connectivity index (χ1) is 4.88. The fraction of sp³-hybridized carbons (Fsp3) is 0. The normalized spacial score (nSPS) is 14.6. The van der Waals surface area contributed by atoms with E-state index >= 15 is 0 Å². The molecule has 2 radical (unpaired) electrons. The highest BCUT2D eigenvalue weighted by molar-refractivity contribution is 6.06. The third kappa shape index (κ3) is 0.620. The van der Waals surface area contributed by atoms with E-state index in [-0.39, 0.29) is 5.78 Å². The Kier molecular flexibility index (Phi) is 1.01. The third-order valence-electron chi connectivity index (χ3n) is 1.39. The lowest BCUT2D eigenvalue weighted by atomic mass is 10.2. The fourth-order valence-electron chi connectivity index (χ4n) is 0.900. The molecule has 1 aliphatic heterocycles. The first-order valence-corrected chi connectivity index (χ1v) is 2.94. The average molecular weight is 132 g/mol. The summed E-state index contributed by atoms with van der Waals surface area (Å²) in [6.45, 7) is 2.25. The van der Waals surface area contributed by atoms with E-state index in [9.17, 15) is 4.79 Å². The van der Waals surface area contributed by atoms with Crippen molar-refractivity contribution in [1.29, 1.82) is 0 Å². The standard InChI is InChI=1S/C8H4O2/c9-7-5-10-8-4-2-1-3-6(7)8/h1-4H. The highest BCUT2D eigenvalue weighted by Crippen LogP contribution is 2.25. The second-order valence-corrected chi connectivity index (χ2v) is 2.03. The number of carbonyl (C=O) groups excluding carboxylic acids is 1. The van der Waals surface area contributed by atoms with Gasteiger partial charge >= 0.3 is 0 Å². The van der Waals surface area contributed by atoms with Crippen molar-refractivity contribution in [2.75, 3.05) is 0 Å². The average Bonchev–Trinajstić information content (AvgIpc) is 2.34. The molecule has 0 aromatic heterocycles. The molecule has 0 saturated heterocycles. The second-order valence-electron chi connectivity index (χ2n) is 2.03. The van der Waals surface area contributed by atoms with E-state index in [1.807, 2.05) is 6.07 Å². The van der Waals surface area contributed by atoms with Crippen LogP contribution >= 0.6 is 0 Å². The van der Waals surface area contributed by atoms with Crippen LogP contribution in [0.25, 0.3) is 0 Å². The molecule has 1 aromatic carbocycles. The number of rotatable bonds is 0. The van der Waals surface area contributed by atoms with Gasteiger partial charge in [-0.2, -0.15) is 0 Å². The number of benzene rings is 1. The monoisotopic (exact) mass is 132 g/mol. The fourth-order valence-corrected chi connectivity index (χ4v) is 0.900. The van der Waals surface area contributed by atoms with E-state index in [2.05, 4.69) is 6.61 Å². The van der Waals surface area contributed by atoms with Crippen LogP contribution in [-0.2, 0) is 0 Å². The molecule has 0 aliphatic carbocycles. The van der Waals surface area contributed by atoms with E-state index in [0.717, 1.165) is 0 Å². The molecule has 0 bridgehead atoms. The third-order valence-corrected chi connectivity index (χ3v) is 1.39. The predicted octanol–water partition coefficient (Wildman–Crippen LogP) is 1.30. The van der Waals surface area contributed by atoms with Crippen LogP contribution in [0.4, 0.5) is 0 Å². The van der Waals surface area contributed by atoms with Gasteiger partial charge in [0.2, 0.25) is 5.78 Å².